The Bertz CT molecular complexity index is 878. The van der Waals surface area contributed by atoms with Crippen molar-refractivity contribution in [1.82, 2.24) is 0 Å². The van der Waals surface area contributed by atoms with E-state index in [9.17, 15) is 4.79 Å². The van der Waals surface area contributed by atoms with Crippen LogP contribution in [-0.2, 0) is 0 Å². The third kappa shape index (κ3) is 9.62. The van der Waals surface area contributed by atoms with Crippen LogP contribution >= 0.6 is 0 Å². The molecule has 0 aliphatic carbocycles. The van der Waals surface area contributed by atoms with Crippen molar-refractivity contribution < 1.29 is 24.5 Å². The normalized spacial score (nSPS) is 9.07. The van der Waals surface area contributed by atoms with E-state index in [1.807, 2.05) is 24.3 Å². The van der Waals surface area contributed by atoms with E-state index in [0.717, 1.165) is 0 Å². The average Bonchev–Trinajstić information content (AvgIpc) is 2.77. The zero-order valence-corrected chi connectivity index (χ0v) is 16.2. The lowest BCUT2D eigenvalue weighted by atomic mass is 10.3. The van der Waals surface area contributed by atoms with Gasteiger partial charge in [-0.1, -0.05) is 72.8 Å². The SMILES string of the molecule is O=C(Oc1ccccc1)Oc1ccccc1.Oc1ccccc1.Oc1ccccc1. The lowest BCUT2D eigenvalue weighted by Crippen LogP contribution is -2.13. The molecule has 0 saturated heterocycles. The van der Waals surface area contributed by atoms with Gasteiger partial charge in [0, 0.05) is 0 Å². The first-order valence-corrected chi connectivity index (χ1v) is 9.11. The number of rotatable bonds is 2. The number of hydrogen-bond donors (Lipinski definition) is 2. The van der Waals surface area contributed by atoms with Crippen molar-refractivity contribution >= 4 is 6.16 Å². The molecule has 30 heavy (non-hydrogen) atoms. The van der Waals surface area contributed by atoms with Gasteiger partial charge in [-0.3, -0.25) is 0 Å². The molecule has 4 aromatic carbocycles. The number of para-hydroxylation sites is 4. The van der Waals surface area contributed by atoms with Gasteiger partial charge in [0.2, 0.25) is 0 Å². The summed E-state index contributed by atoms with van der Waals surface area (Å²) in [6, 6.07) is 35.0. The Morgan fingerprint density at radius 1 is 0.467 bits per heavy atom. The quantitative estimate of drug-likeness (QED) is 0.315. The molecule has 0 aromatic heterocycles. The van der Waals surface area contributed by atoms with Crippen LogP contribution in [0.15, 0.2) is 121 Å². The molecule has 0 heterocycles. The molecule has 0 aliphatic rings. The second kappa shape index (κ2) is 13.0. The Balaban J connectivity index is 0.000000188. The smallest absolute Gasteiger partial charge is 0.508 e. The van der Waals surface area contributed by atoms with Crippen molar-refractivity contribution in [2.75, 3.05) is 0 Å². The lowest BCUT2D eigenvalue weighted by Gasteiger charge is -2.04. The molecular weight excluding hydrogens is 380 g/mol. The molecular formula is C25H22O5. The molecule has 0 saturated carbocycles. The summed E-state index contributed by atoms with van der Waals surface area (Å²) in [6.45, 7) is 0. The second-order valence-electron chi connectivity index (χ2n) is 5.75. The molecule has 0 unspecified atom stereocenters. The molecule has 0 amide bonds. The molecule has 0 radical (unpaired) electrons. The topological polar surface area (TPSA) is 76.0 Å². The maximum Gasteiger partial charge on any atom is 0.519 e. The van der Waals surface area contributed by atoms with Crippen molar-refractivity contribution in [3.05, 3.63) is 121 Å². The van der Waals surface area contributed by atoms with Gasteiger partial charge in [-0.05, 0) is 48.5 Å². The first kappa shape index (κ1) is 22.0. The van der Waals surface area contributed by atoms with Crippen LogP contribution in [0, 0.1) is 0 Å². The van der Waals surface area contributed by atoms with Crippen LogP contribution in [0.4, 0.5) is 4.79 Å². The second-order valence-corrected chi connectivity index (χ2v) is 5.75. The van der Waals surface area contributed by atoms with Gasteiger partial charge in [0.05, 0.1) is 0 Å². The standard InChI is InChI=1S/C13H10O3.2C6H6O/c14-13(15-11-7-3-1-4-8-11)16-12-9-5-2-6-10-12;2*7-6-4-2-1-3-5-6/h1-10H;2*1-5,7H. The monoisotopic (exact) mass is 402 g/mol. The fourth-order valence-electron chi connectivity index (χ4n) is 2.05. The van der Waals surface area contributed by atoms with E-state index in [4.69, 9.17) is 19.7 Å². The highest BCUT2D eigenvalue weighted by molar-refractivity contribution is 5.66. The predicted molar refractivity (Wildman–Crippen MR) is 116 cm³/mol. The Morgan fingerprint density at radius 2 is 0.733 bits per heavy atom. The minimum absolute atomic E-state index is 0.322. The molecule has 5 heteroatoms. The number of carbonyl (C=O) groups is 1. The van der Waals surface area contributed by atoms with Crippen LogP contribution < -0.4 is 9.47 Å². The molecule has 0 spiro atoms. The first-order valence-electron chi connectivity index (χ1n) is 9.11. The zero-order chi connectivity index (χ0) is 21.4. The van der Waals surface area contributed by atoms with Gasteiger partial charge in [-0.25, -0.2) is 4.79 Å². The Morgan fingerprint density at radius 3 is 0.967 bits per heavy atom. The van der Waals surface area contributed by atoms with E-state index in [1.54, 1.807) is 97.1 Å². The summed E-state index contributed by atoms with van der Waals surface area (Å²) in [7, 11) is 0. The Labute approximate surface area is 175 Å². The van der Waals surface area contributed by atoms with Crippen LogP contribution in [0.25, 0.3) is 0 Å². The molecule has 0 fully saturated rings. The van der Waals surface area contributed by atoms with Gasteiger partial charge in [0.15, 0.2) is 0 Å². The van der Waals surface area contributed by atoms with E-state index in [-0.39, 0.29) is 0 Å². The fourth-order valence-corrected chi connectivity index (χ4v) is 2.05. The van der Waals surface area contributed by atoms with Gasteiger partial charge in [0.25, 0.3) is 0 Å². The highest BCUT2D eigenvalue weighted by Crippen LogP contribution is 2.12. The van der Waals surface area contributed by atoms with Crippen molar-refractivity contribution in [3.63, 3.8) is 0 Å². The van der Waals surface area contributed by atoms with Crippen molar-refractivity contribution in [2.45, 2.75) is 0 Å². The molecule has 4 aromatic rings. The molecule has 0 aliphatic heterocycles. The van der Waals surface area contributed by atoms with Gasteiger partial charge >= 0.3 is 6.16 Å². The third-order valence-corrected chi connectivity index (χ3v) is 3.40. The number of hydrogen-bond acceptors (Lipinski definition) is 5. The van der Waals surface area contributed by atoms with E-state index in [1.165, 1.54) is 0 Å². The van der Waals surface area contributed by atoms with E-state index < -0.39 is 6.16 Å². The molecule has 0 atom stereocenters. The highest BCUT2D eigenvalue weighted by atomic mass is 16.7. The molecule has 0 bridgehead atoms. The summed E-state index contributed by atoms with van der Waals surface area (Å²) in [4.78, 5) is 11.3. The minimum atomic E-state index is -0.739. The van der Waals surface area contributed by atoms with Gasteiger partial charge in [-0.2, -0.15) is 0 Å². The van der Waals surface area contributed by atoms with Crippen LogP contribution in [0.1, 0.15) is 0 Å². The molecule has 152 valence electrons. The van der Waals surface area contributed by atoms with Gasteiger partial charge in [0.1, 0.15) is 23.0 Å². The third-order valence-electron chi connectivity index (χ3n) is 3.40. The van der Waals surface area contributed by atoms with Crippen molar-refractivity contribution in [3.8, 4) is 23.0 Å². The number of phenolic OH excluding ortho intramolecular Hbond substituents is 2. The fraction of sp³-hybridized carbons (Fsp3) is 0. The number of phenols is 2. The van der Waals surface area contributed by atoms with Crippen molar-refractivity contribution in [2.24, 2.45) is 0 Å². The van der Waals surface area contributed by atoms with Gasteiger partial charge in [-0.15, -0.1) is 0 Å². The zero-order valence-electron chi connectivity index (χ0n) is 16.2. The Kier molecular flexibility index (Phi) is 9.56. The van der Waals surface area contributed by atoms with Crippen LogP contribution in [0.3, 0.4) is 0 Å². The number of carbonyl (C=O) groups excluding carboxylic acids is 1. The van der Waals surface area contributed by atoms with E-state index >= 15 is 0 Å². The summed E-state index contributed by atoms with van der Waals surface area (Å²) >= 11 is 0. The average molecular weight is 402 g/mol. The predicted octanol–water partition coefficient (Wildman–Crippen LogP) is 6.05. The maximum absolute atomic E-state index is 11.3. The van der Waals surface area contributed by atoms with E-state index in [0.29, 0.717) is 23.0 Å². The summed E-state index contributed by atoms with van der Waals surface area (Å²) < 4.78 is 9.91. The van der Waals surface area contributed by atoms with Gasteiger partial charge < -0.3 is 19.7 Å². The number of aromatic hydroxyl groups is 2. The molecule has 2 N–H and O–H groups in total. The summed E-state index contributed by atoms with van der Waals surface area (Å²) in [5, 5.41) is 17.3. The number of benzene rings is 4. The summed E-state index contributed by atoms with van der Waals surface area (Å²) in [6.07, 6.45) is -0.739. The summed E-state index contributed by atoms with van der Waals surface area (Å²) in [5.41, 5.74) is 0. The minimum Gasteiger partial charge on any atom is -0.508 e. The number of ether oxygens (including phenoxy) is 2. The van der Waals surface area contributed by atoms with Crippen LogP contribution in [0.5, 0.6) is 23.0 Å². The molecule has 4 rings (SSSR count). The lowest BCUT2D eigenvalue weighted by molar-refractivity contribution is 0.152. The van der Waals surface area contributed by atoms with Crippen LogP contribution in [0.2, 0.25) is 0 Å². The van der Waals surface area contributed by atoms with Crippen LogP contribution in [-0.4, -0.2) is 16.4 Å². The largest absolute Gasteiger partial charge is 0.519 e. The first-order chi connectivity index (χ1) is 14.6. The molecule has 5 nitrogen and oxygen atoms in total. The Hall–Kier alpha value is -4.25. The van der Waals surface area contributed by atoms with E-state index in [2.05, 4.69) is 0 Å². The maximum atomic E-state index is 11.3. The highest BCUT2D eigenvalue weighted by Gasteiger charge is 2.06. The van der Waals surface area contributed by atoms with Crippen molar-refractivity contribution in [1.29, 1.82) is 0 Å². The summed E-state index contributed by atoms with van der Waals surface area (Å²) in [5.74, 6) is 1.57.